The van der Waals surface area contributed by atoms with Crippen LogP contribution in [0.25, 0.3) is 5.65 Å². The number of aromatic nitrogens is 2. The smallest absolute Gasteiger partial charge is 0.261 e. The summed E-state index contributed by atoms with van der Waals surface area (Å²) in [7, 11) is 0. The minimum Gasteiger partial charge on any atom is -1.00 e. The molecule has 0 bridgehead atoms. The lowest BCUT2D eigenvalue weighted by molar-refractivity contribution is -0.00000436. The first-order valence-corrected chi connectivity index (χ1v) is 5.44. The molecule has 0 aliphatic rings. The van der Waals surface area contributed by atoms with Gasteiger partial charge in [0.2, 0.25) is 0 Å². The fraction of sp³-hybridized carbons (Fsp3) is 0.273. The van der Waals surface area contributed by atoms with Crippen molar-refractivity contribution in [2.75, 3.05) is 5.88 Å². The first-order chi connectivity index (χ1) is 7.65. The lowest BCUT2D eigenvalue weighted by Crippen LogP contribution is -3.00. The Balaban J connectivity index is 0.00000144. The molecule has 2 heterocycles. The van der Waals surface area contributed by atoms with Crippen LogP contribution in [0.1, 0.15) is 11.3 Å². The van der Waals surface area contributed by atoms with Crippen molar-refractivity contribution in [2.24, 2.45) is 0 Å². The van der Waals surface area contributed by atoms with Gasteiger partial charge in [-0.15, -0.1) is 11.6 Å². The van der Waals surface area contributed by atoms with Gasteiger partial charge >= 0.3 is 0 Å². The Hall–Kier alpha value is -1.26. The minimum atomic E-state index is -0.168. The van der Waals surface area contributed by atoms with E-state index in [4.69, 9.17) is 11.6 Å². The average Bonchev–Trinajstić information content (AvgIpc) is 2.26. The summed E-state index contributed by atoms with van der Waals surface area (Å²) < 4.78 is 1.34. The third-order valence-corrected chi connectivity index (χ3v) is 2.67. The number of halogens is 2. The molecule has 0 spiro atoms. The molecule has 0 atom stereocenters. The van der Waals surface area contributed by atoms with Crippen LogP contribution in [0.5, 0.6) is 5.75 Å². The Morgan fingerprint density at radius 3 is 2.88 bits per heavy atom. The molecular formula is C11H11Cl2N2O2-. The van der Waals surface area contributed by atoms with Crippen molar-refractivity contribution < 1.29 is 17.5 Å². The standard InChI is InChI=1S/C11H11ClN2O2.ClH/c1-7-8(4-5-12)11(16)14-6-2-3-9(15)10(14)13-7;/h2-3,6,15H,4-5H2,1H3;1H/p-1. The van der Waals surface area contributed by atoms with Crippen molar-refractivity contribution in [3.63, 3.8) is 0 Å². The number of aryl methyl sites for hydroxylation is 1. The Labute approximate surface area is 109 Å². The van der Waals surface area contributed by atoms with E-state index in [0.29, 0.717) is 23.6 Å². The van der Waals surface area contributed by atoms with Gasteiger partial charge in [0.25, 0.3) is 5.56 Å². The number of aromatic hydroxyl groups is 1. The molecule has 0 aliphatic heterocycles. The summed E-state index contributed by atoms with van der Waals surface area (Å²) in [5, 5.41) is 9.59. The van der Waals surface area contributed by atoms with Crippen molar-refractivity contribution >= 4 is 17.2 Å². The second kappa shape index (κ2) is 5.38. The maximum atomic E-state index is 12.0. The molecule has 1 N–H and O–H groups in total. The van der Waals surface area contributed by atoms with E-state index < -0.39 is 0 Å². The van der Waals surface area contributed by atoms with Crippen molar-refractivity contribution in [3.8, 4) is 5.75 Å². The number of rotatable bonds is 2. The molecule has 0 saturated carbocycles. The molecule has 2 aromatic rings. The van der Waals surface area contributed by atoms with Crippen LogP contribution in [0.3, 0.4) is 0 Å². The summed E-state index contributed by atoms with van der Waals surface area (Å²) in [5.41, 5.74) is 1.33. The summed E-state index contributed by atoms with van der Waals surface area (Å²) in [4.78, 5) is 16.3. The highest BCUT2D eigenvalue weighted by Crippen LogP contribution is 2.15. The van der Waals surface area contributed by atoms with E-state index in [1.807, 2.05) is 0 Å². The maximum absolute atomic E-state index is 12.0. The van der Waals surface area contributed by atoms with Gasteiger partial charge in [0.1, 0.15) is 0 Å². The Morgan fingerprint density at radius 1 is 1.53 bits per heavy atom. The van der Waals surface area contributed by atoms with E-state index in [9.17, 15) is 9.90 Å². The summed E-state index contributed by atoms with van der Waals surface area (Å²) in [6.45, 7) is 1.75. The molecule has 0 unspecified atom stereocenters. The molecule has 2 aromatic heterocycles. The second-order valence-electron chi connectivity index (χ2n) is 3.51. The van der Waals surface area contributed by atoms with Gasteiger partial charge in [0.05, 0.1) is 0 Å². The molecule has 4 nitrogen and oxygen atoms in total. The van der Waals surface area contributed by atoms with Gasteiger partial charge < -0.3 is 17.5 Å². The van der Waals surface area contributed by atoms with Crippen LogP contribution >= 0.6 is 11.6 Å². The lowest BCUT2D eigenvalue weighted by Gasteiger charge is -2.07. The van der Waals surface area contributed by atoms with Gasteiger partial charge in [-0.2, -0.15) is 0 Å². The summed E-state index contributed by atoms with van der Waals surface area (Å²) >= 11 is 5.64. The first kappa shape index (κ1) is 13.8. The molecule has 0 saturated heterocycles. The molecule has 0 amide bonds. The third kappa shape index (κ3) is 2.37. The van der Waals surface area contributed by atoms with Gasteiger partial charge in [-0.05, 0) is 25.5 Å². The van der Waals surface area contributed by atoms with Gasteiger partial charge in [-0.1, -0.05) is 0 Å². The number of hydrogen-bond donors (Lipinski definition) is 1. The molecule has 0 radical (unpaired) electrons. The van der Waals surface area contributed by atoms with Gasteiger partial charge in [0, 0.05) is 23.3 Å². The van der Waals surface area contributed by atoms with E-state index in [2.05, 4.69) is 4.98 Å². The Kier molecular flexibility index (Phi) is 4.37. The molecule has 0 fully saturated rings. The molecule has 17 heavy (non-hydrogen) atoms. The van der Waals surface area contributed by atoms with Crippen LogP contribution < -0.4 is 18.0 Å². The van der Waals surface area contributed by atoms with Crippen molar-refractivity contribution in [3.05, 3.63) is 39.9 Å². The number of alkyl halides is 1. The van der Waals surface area contributed by atoms with E-state index in [1.54, 1.807) is 19.2 Å². The summed E-state index contributed by atoms with van der Waals surface area (Å²) in [5.74, 6) is 0.378. The zero-order valence-corrected chi connectivity index (χ0v) is 10.7. The fourth-order valence-electron chi connectivity index (χ4n) is 1.67. The topological polar surface area (TPSA) is 54.6 Å². The predicted molar refractivity (Wildman–Crippen MR) is 62.3 cm³/mol. The maximum Gasteiger partial charge on any atom is 0.261 e. The summed E-state index contributed by atoms with van der Waals surface area (Å²) in [6.07, 6.45) is 2.07. The van der Waals surface area contributed by atoms with Crippen molar-refractivity contribution in [1.29, 1.82) is 0 Å². The van der Waals surface area contributed by atoms with E-state index in [0.717, 1.165) is 0 Å². The quantitative estimate of drug-likeness (QED) is 0.678. The highest BCUT2D eigenvalue weighted by atomic mass is 35.5. The van der Waals surface area contributed by atoms with Gasteiger partial charge in [0.15, 0.2) is 11.4 Å². The van der Waals surface area contributed by atoms with Crippen LogP contribution in [0.15, 0.2) is 23.1 Å². The van der Waals surface area contributed by atoms with Crippen molar-refractivity contribution in [2.45, 2.75) is 13.3 Å². The van der Waals surface area contributed by atoms with Crippen LogP contribution in [0.4, 0.5) is 0 Å². The molecular weight excluding hydrogens is 263 g/mol. The van der Waals surface area contributed by atoms with Crippen LogP contribution in [-0.2, 0) is 6.42 Å². The lowest BCUT2D eigenvalue weighted by atomic mass is 10.2. The molecule has 6 heteroatoms. The highest BCUT2D eigenvalue weighted by Gasteiger charge is 2.10. The normalized spacial score (nSPS) is 10.2. The zero-order valence-electron chi connectivity index (χ0n) is 9.15. The average molecular weight is 274 g/mol. The Morgan fingerprint density at radius 2 is 2.24 bits per heavy atom. The minimum absolute atomic E-state index is 0. The third-order valence-electron chi connectivity index (χ3n) is 2.48. The Bertz CT molecular complexity index is 596. The fourth-order valence-corrected chi connectivity index (χ4v) is 1.86. The molecule has 2 rings (SSSR count). The molecule has 0 aliphatic carbocycles. The predicted octanol–water partition coefficient (Wildman–Crippen LogP) is -1.51. The van der Waals surface area contributed by atoms with E-state index in [1.165, 1.54) is 10.5 Å². The number of pyridine rings is 1. The molecule has 92 valence electrons. The van der Waals surface area contributed by atoms with Crippen LogP contribution in [0.2, 0.25) is 0 Å². The van der Waals surface area contributed by atoms with Gasteiger partial charge in [-0.25, -0.2) is 4.98 Å². The monoisotopic (exact) mass is 273 g/mol. The van der Waals surface area contributed by atoms with Crippen LogP contribution in [-0.4, -0.2) is 20.4 Å². The van der Waals surface area contributed by atoms with Crippen molar-refractivity contribution in [1.82, 2.24) is 9.38 Å². The SMILES string of the molecule is Cc1nc2c(O)cccn2c(=O)c1CCCl.[Cl-]. The van der Waals surface area contributed by atoms with E-state index in [-0.39, 0.29) is 29.4 Å². The molecule has 0 aromatic carbocycles. The first-order valence-electron chi connectivity index (χ1n) is 4.91. The van der Waals surface area contributed by atoms with E-state index >= 15 is 0 Å². The summed E-state index contributed by atoms with van der Waals surface area (Å²) in [6, 6.07) is 3.10. The number of nitrogens with zero attached hydrogens (tertiary/aromatic N) is 2. The second-order valence-corrected chi connectivity index (χ2v) is 3.88. The van der Waals surface area contributed by atoms with Crippen LogP contribution in [0, 0.1) is 6.92 Å². The number of fused-ring (bicyclic) bond motifs is 1. The van der Waals surface area contributed by atoms with Gasteiger partial charge in [-0.3, -0.25) is 9.20 Å². The number of hydrogen-bond acceptors (Lipinski definition) is 3. The zero-order chi connectivity index (χ0) is 11.7. The largest absolute Gasteiger partial charge is 1.00 e. The highest BCUT2D eigenvalue weighted by molar-refractivity contribution is 6.18.